The average Bonchev–Trinajstić information content (AvgIpc) is 3.36. The van der Waals surface area contributed by atoms with Gasteiger partial charge in [0, 0.05) is 18.2 Å². The fourth-order valence-electron chi connectivity index (χ4n) is 4.43. The van der Waals surface area contributed by atoms with E-state index in [-0.39, 0.29) is 35.0 Å². The summed E-state index contributed by atoms with van der Waals surface area (Å²) in [5, 5.41) is 11.7. The summed E-state index contributed by atoms with van der Waals surface area (Å²) < 4.78 is 10.8. The molecule has 27 heavy (non-hydrogen) atoms. The Morgan fingerprint density at radius 3 is 2.11 bits per heavy atom. The summed E-state index contributed by atoms with van der Waals surface area (Å²) in [5.74, 6) is 0.393. The molecule has 0 aliphatic heterocycles. The molecule has 0 heterocycles. The third-order valence-corrected chi connectivity index (χ3v) is 5.68. The highest BCUT2D eigenvalue weighted by Crippen LogP contribution is 2.38. The zero-order valence-electron chi connectivity index (χ0n) is 16.1. The molecule has 0 spiro atoms. The quantitative estimate of drug-likeness (QED) is 0.522. The molecule has 0 N–H and O–H groups in total. The highest BCUT2D eigenvalue weighted by Gasteiger charge is 2.37. The number of rotatable bonds is 7. The Hall–Kier alpha value is -2.31. The lowest BCUT2D eigenvalue weighted by molar-refractivity contribution is -0.385. The predicted molar refractivity (Wildman–Crippen MR) is 101 cm³/mol. The summed E-state index contributed by atoms with van der Waals surface area (Å²) in [7, 11) is 1.44. The lowest BCUT2D eigenvalue weighted by Gasteiger charge is -2.34. The van der Waals surface area contributed by atoms with E-state index in [1.54, 1.807) is 0 Å². The summed E-state index contributed by atoms with van der Waals surface area (Å²) in [4.78, 5) is 26.6. The van der Waals surface area contributed by atoms with Crippen LogP contribution in [0.1, 0.15) is 68.6 Å². The number of benzene rings is 1. The fraction of sp³-hybridized carbons (Fsp3) is 0.650. The molecule has 7 nitrogen and oxygen atoms in total. The third-order valence-electron chi connectivity index (χ3n) is 5.68. The van der Waals surface area contributed by atoms with Crippen molar-refractivity contribution in [3.63, 3.8) is 0 Å². The van der Waals surface area contributed by atoms with Crippen molar-refractivity contribution in [3.05, 3.63) is 27.8 Å². The van der Waals surface area contributed by atoms with Crippen LogP contribution in [0.3, 0.4) is 0 Å². The van der Waals surface area contributed by atoms with Crippen molar-refractivity contribution in [3.8, 4) is 11.5 Å². The first-order chi connectivity index (χ1) is 13.1. The van der Waals surface area contributed by atoms with Crippen LogP contribution in [0.4, 0.5) is 5.69 Å². The van der Waals surface area contributed by atoms with Gasteiger partial charge >= 0.3 is 0 Å². The molecule has 0 aromatic heterocycles. The molecule has 2 saturated carbocycles. The number of carbonyl (C=O) groups is 1. The molecule has 1 amide bonds. The lowest BCUT2D eigenvalue weighted by atomic mass is 10.0. The summed E-state index contributed by atoms with van der Waals surface area (Å²) in [6.07, 6.45) is 8.34. The molecule has 0 bridgehead atoms. The van der Waals surface area contributed by atoms with Gasteiger partial charge < -0.3 is 14.4 Å². The molecule has 2 aliphatic rings. The third kappa shape index (κ3) is 4.01. The highest BCUT2D eigenvalue weighted by atomic mass is 16.6. The van der Waals surface area contributed by atoms with Crippen molar-refractivity contribution in [2.45, 2.75) is 70.4 Å². The minimum Gasteiger partial charge on any atom is -0.493 e. The first-order valence-electron chi connectivity index (χ1n) is 9.88. The molecule has 2 aliphatic carbocycles. The summed E-state index contributed by atoms with van der Waals surface area (Å²) >= 11 is 0. The van der Waals surface area contributed by atoms with E-state index >= 15 is 0 Å². The topological polar surface area (TPSA) is 81.9 Å². The van der Waals surface area contributed by atoms with Crippen molar-refractivity contribution in [2.24, 2.45) is 0 Å². The Bertz CT molecular complexity index is 678. The normalized spacial score (nSPS) is 17.9. The second kappa shape index (κ2) is 8.59. The van der Waals surface area contributed by atoms with Crippen LogP contribution in [0.25, 0.3) is 0 Å². The highest BCUT2D eigenvalue weighted by molar-refractivity contribution is 5.99. The van der Waals surface area contributed by atoms with E-state index < -0.39 is 4.92 Å². The maximum Gasteiger partial charge on any atom is 0.286 e. The minimum absolute atomic E-state index is 0.100. The Morgan fingerprint density at radius 1 is 1.11 bits per heavy atom. The smallest absolute Gasteiger partial charge is 0.286 e. The van der Waals surface area contributed by atoms with Gasteiger partial charge in [0.05, 0.1) is 24.7 Å². The maximum atomic E-state index is 13.5. The van der Waals surface area contributed by atoms with Crippen molar-refractivity contribution < 1.29 is 19.2 Å². The molecule has 3 rings (SSSR count). The van der Waals surface area contributed by atoms with Gasteiger partial charge in [0.1, 0.15) is 5.56 Å². The van der Waals surface area contributed by atoms with Crippen LogP contribution in [0.5, 0.6) is 11.5 Å². The van der Waals surface area contributed by atoms with E-state index in [9.17, 15) is 14.9 Å². The fourth-order valence-corrected chi connectivity index (χ4v) is 4.43. The van der Waals surface area contributed by atoms with Crippen LogP contribution in [0, 0.1) is 10.1 Å². The summed E-state index contributed by atoms with van der Waals surface area (Å²) in [6.45, 7) is 2.21. The van der Waals surface area contributed by atoms with Gasteiger partial charge in [0.25, 0.3) is 11.6 Å². The number of nitro benzene ring substituents is 1. The molecule has 0 unspecified atom stereocenters. The van der Waals surface area contributed by atoms with Crippen molar-refractivity contribution in [1.82, 2.24) is 4.90 Å². The summed E-state index contributed by atoms with van der Waals surface area (Å²) in [6, 6.07) is 3.15. The van der Waals surface area contributed by atoms with Crippen LogP contribution < -0.4 is 9.47 Å². The molecule has 0 radical (unpaired) electrons. The van der Waals surface area contributed by atoms with E-state index in [4.69, 9.17) is 9.47 Å². The van der Waals surface area contributed by atoms with E-state index in [0.717, 1.165) is 51.4 Å². The molecule has 1 aromatic carbocycles. The summed E-state index contributed by atoms with van der Waals surface area (Å²) in [5.41, 5.74) is -0.121. The maximum absolute atomic E-state index is 13.5. The van der Waals surface area contributed by atoms with Gasteiger partial charge in [0.2, 0.25) is 0 Å². The first-order valence-corrected chi connectivity index (χ1v) is 9.88. The largest absolute Gasteiger partial charge is 0.493 e. The standard InChI is InChI=1S/C20H28N2O5/c1-3-27-19-12-16(17(22(24)25)13-18(19)26-2)20(23)21(14-8-4-5-9-14)15-10-6-7-11-15/h12-15H,3-11H2,1-2H3. The lowest BCUT2D eigenvalue weighted by Crippen LogP contribution is -2.45. The zero-order chi connectivity index (χ0) is 19.4. The van der Waals surface area contributed by atoms with Gasteiger partial charge in [-0.05, 0) is 32.6 Å². The molecule has 0 atom stereocenters. The number of hydrogen-bond acceptors (Lipinski definition) is 5. The van der Waals surface area contributed by atoms with Crippen molar-refractivity contribution >= 4 is 11.6 Å². The van der Waals surface area contributed by atoms with Crippen molar-refractivity contribution in [1.29, 1.82) is 0 Å². The molecular weight excluding hydrogens is 348 g/mol. The van der Waals surface area contributed by atoms with Crippen LogP contribution in [-0.2, 0) is 0 Å². The van der Waals surface area contributed by atoms with E-state index in [2.05, 4.69) is 0 Å². The van der Waals surface area contributed by atoms with Gasteiger partial charge in [-0.2, -0.15) is 0 Å². The molecule has 0 saturated heterocycles. The Kier molecular flexibility index (Phi) is 6.19. The van der Waals surface area contributed by atoms with Crippen molar-refractivity contribution in [2.75, 3.05) is 13.7 Å². The second-order valence-corrected chi connectivity index (χ2v) is 7.30. The van der Waals surface area contributed by atoms with Crippen LogP contribution in [-0.4, -0.2) is 41.5 Å². The number of nitro groups is 1. The number of methoxy groups -OCH3 is 1. The van der Waals surface area contributed by atoms with E-state index in [1.165, 1.54) is 19.2 Å². The predicted octanol–water partition coefficient (Wildman–Crippen LogP) is 4.33. The zero-order valence-corrected chi connectivity index (χ0v) is 16.1. The van der Waals surface area contributed by atoms with Gasteiger partial charge in [-0.15, -0.1) is 0 Å². The number of nitrogens with zero attached hydrogens (tertiary/aromatic N) is 2. The van der Waals surface area contributed by atoms with Gasteiger partial charge in [-0.25, -0.2) is 0 Å². The van der Waals surface area contributed by atoms with Gasteiger partial charge in [-0.3, -0.25) is 14.9 Å². The molecular formula is C20H28N2O5. The monoisotopic (exact) mass is 376 g/mol. The second-order valence-electron chi connectivity index (χ2n) is 7.30. The van der Waals surface area contributed by atoms with Gasteiger partial charge in [-0.1, -0.05) is 25.7 Å². The van der Waals surface area contributed by atoms with Crippen LogP contribution >= 0.6 is 0 Å². The minimum atomic E-state index is -0.507. The SMILES string of the molecule is CCOc1cc(C(=O)N(C2CCCC2)C2CCCC2)c([N+](=O)[O-])cc1OC. The molecule has 2 fully saturated rings. The van der Waals surface area contributed by atoms with E-state index in [1.807, 2.05) is 11.8 Å². The number of hydrogen-bond donors (Lipinski definition) is 0. The molecule has 148 valence electrons. The first kappa shape index (κ1) is 19.5. The number of ether oxygens (including phenoxy) is 2. The Morgan fingerprint density at radius 2 is 1.67 bits per heavy atom. The Balaban J connectivity index is 2.03. The van der Waals surface area contributed by atoms with Crippen LogP contribution in [0.2, 0.25) is 0 Å². The number of amides is 1. The molecule has 1 aromatic rings. The Labute approximate surface area is 159 Å². The number of carbonyl (C=O) groups excluding carboxylic acids is 1. The molecule has 7 heteroatoms. The van der Waals surface area contributed by atoms with E-state index in [0.29, 0.717) is 12.4 Å². The van der Waals surface area contributed by atoms with Gasteiger partial charge in [0.15, 0.2) is 11.5 Å². The van der Waals surface area contributed by atoms with Crippen LogP contribution in [0.15, 0.2) is 12.1 Å². The average molecular weight is 376 g/mol.